The summed E-state index contributed by atoms with van der Waals surface area (Å²) >= 11 is 0. The van der Waals surface area contributed by atoms with Gasteiger partial charge in [-0.1, -0.05) is 36.4 Å². The predicted octanol–water partition coefficient (Wildman–Crippen LogP) is 3.01. The van der Waals surface area contributed by atoms with Crippen molar-refractivity contribution in [3.05, 3.63) is 77.7 Å². The topological polar surface area (TPSA) is 67.1 Å². The fraction of sp³-hybridized carbons (Fsp3) is 0.150. The second kappa shape index (κ2) is 6.24. The van der Waals surface area contributed by atoms with Crippen LogP contribution in [-0.4, -0.2) is 19.6 Å². The molecule has 2 N–H and O–H groups in total. The number of hydrogen-bond acceptors (Lipinski definition) is 5. The number of pyridine rings is 1. The lowest BCUT2D eigenvalue weighted by Gasteiger charge is -2.19. The summed E-state index contributed by atoms with van der Waals surface area (Å²) in [6.07, 6.45) is 5.57. The van der Waals surface area contributed by atoms with Crippen molar-refractivity contribution >= 4 is 11.5 Å². The van der Waals surface area contributed by atoms with Crippen molar-refractivity contribution in [2.45, 2.75) is 19.6 Å². The minimum atomic E-state index is 0.650. The van der Waals surface area contributed by atoms with Gasteiger partial charge in [-0.3, -0.25) is 4.98 Å². The largest absolute Gasteiger partial charge is 0.350 e. The first-order valence-electron chi connectivity index (χ1n) is 8.68. The molecule has 0 saturated carbocycles. The molecule has 0 fully saturated rings. The lowest BCUT2D eigenvalue weighted by atomic mass is 10.0. The number of benzene rings is 1. The quantitative estimate of drug-likeness (QED) is 0.597. The molecule has 0 unspecified atom stereocenters. The average Bonchev–Trinajstić information content (AvgIpc) is 3.15. The lowest BCUT2D eigenvalue weighted by molar-refractivity contribution is 0.678. The minimum absolute atomic E-state index is 0.650. The van der Waals surface area contributed by atoms with Gasteiger partial charge in [0.15, 0.2) is 0 Å². The second-order valence-electron chi connectivity index (χ2n) is 6.38. The van der Waals surface area contributed by atoms with Gasteiger partial charge in [-0.15, -0.1) is 0 Å². The summed E-state index contributed by atoms with van der Waals surface area (Å²) in [5.74, 6) is 0.750. The van der Waals surface area contributed by atoms with Crippen LogP contribution in [0.5, 0.6) is 0 Å². The molecule has 4 aromatic rings. The van der Waals surface area contributed by atoms with Gasteiger partial charge < -0.3 is 10.6 Å². The van der Waals surface area contributed by atoms with Crippen molar-refractivity contribution in [1.82, 2.24) is 24.9 Å². The standard InChI is InChI=1S/C20H18N6/c1-2-6-15(7-3-1)18-17-13-22-11-16-12-24-26(19(16)17)20(25-18)23-10-14-5-4-8-21-9-14/h1-9,12,22H,10-11,13H2,(H,23,25). The number of aromatic nitrogens is 4. The molecular weight excluding hydrogens is 324 g/mol. The molecule has 4 heterocycles. The molecule has 26 heavy (non-hydrogen) atoms. The van der Waals surface area contributed by atoms with Crippen LogP contribution in [0.2, 0.25) is 0 Å². The number of hydrogen-bond donors (Lipinski definition) is 2. The zero-order valence-electron chi connectivity index (χ0n) is 14.2. The molecule has 0 atom stereocenters. The highest BCUT2D eigenvalue weighted by atomic mass is 15.3. The van der Waals surface area contributed by atoms with Crippen LogP contribution in [0.4, 0.5) is 5.95 Å². The molecule has 1 aliphatic heterocycles. The summed E-state index contributed by atoms with van der Waals surface area (Å²) < 4.78 is 1.92. The van der Waals surface area contributed by atoms with Gasteiger partial charge in [-0.25, -0.2) is 4.98 Å². The number of nitrogens with zero attached hydrogens (tertiary/aromatic N) is 4. The van der Waals surface area contributed by atoms with Crippen molar-refractivity contribution in [1.29, 1.82) is 0 Å². The molecule has 3 aromatic heterocycles. The molecule has 0 saturated heterocycles. The third kappa shape index (κ3) is 2.51. The predicted molar refractivity (Wildman–Crippen MR) is 101 cm³/mol. The summed E-state index contributed by atoms with van der Waals surface area (Å²) in [4.78, 5) is 9.11. The maximum atomic E-state index is 4.93. The van der Waals surface area contributed by atoms with E-state index in [1.54, 1.807) is 6.20 Å². The fourth-order valence-electron chi connectivity index (χ4n) is 3.45. The first-order chi connectivity index (χ1) is 12.9. The fourth-order valence-corrected chi connectivity index (χ4v) is 3.45. The van der Waals surface area contributed by atoms with Gasteiger partial charge in [0, 0.05) is 48.7 Å². The zero-order valence-corrected chi connectivity index (χ0v) is 14.2. The number of nitrogens with one attached hydrogen (secondary N) is 2. The van der Waals surface area contributed by atoms with Crippen LogP contribution in [0.15, 0.2) is 61.1 Å². The molecule has 1 aliphatic rings. The van der Waals surface area contributed by atoms with Gasteiger partial charge in [-0.05, 0) is 11.6 Å². The van der Waals surface area contributed by atoms with Crippen LogP contribution in [0.3, 0.4) is 0 Å². The van der Waals surface area contributed by atoms with Crippen LogP contribution < -0.4 is 10.6 Å². The molecule has 0 amide bonds. The Kier molecular flexibility index (Phi) is 3.61. The molecule has 0 spiro atoms. The Bertz CT molecular complexity index is 1060. The van der Waals surface area contributed by atoms with E-state index >= 15 is 0 Å². The van der Waals surface area contributed by atoms with Crippen LogP contribution >= 0.6 is 0 Å². The summed E-state index contributed by atoms with van der Waals surface area (Å²) in [6.45, 7) is 2.27. The normalized spacial score (nSPS) is 13.1. The third-order valence-corrected chi connectivity index (χ3v) is 4.67. The SMILES string of the molecule is c1ccc(-c2nc(NCc3cccnc3)n3ncc4c3c2CNC4)cc1. The van der Waals surface area contributed by atoms with Crippen molar-refractivity contribution < 1.29 is 0 Å². The van der Waals surface area contributed by atoms with E-state index in [0.29, 0.717) is 6.54 Å². The Morgan fingerprint density at radius 2 is 1.96 bits per heavy atom. The molecule has 128 valence electrons. The van der Waals surface area contributed by atoms with Gasteiger partial charge in [0.1, 0.15) is 0 Å². The van der Waals surface area contributed by atoms with Gasteiger partial charge in [0.05, 0.1) is 17.4 Å². The summed E-state index contributed by atoms with van der Waals surface area (Å²) in [7, 11) is 0. The first-order valence-corrected chi connectivity index (χ1v) is 8.68. The van der Waals surface area contributed by atoms with E-state index in [1.807, 2.05) is 47.2 Å². The Balaban J connectivity index is 1.64. The lowest BCUT2D eigenvalue weighted by Crippen LogP contribution is -2.21. The van der Waals surface area contributed by atoms with Crippen molar-refractivity contribution in [2.75, 3.05) is 5.32 Å². The summed E-state index contributed by atoms with van der Waals surface area (Å²) in [5.41, 5.74) is 6.78. The summed E-state index contributed by atoms with van der Waals surface area (Å²) in [6, 6.07) is 14.3. The molecule has 0 radical (unpaired) electrons. The van der Waals surface area contributed by atoms with Crippen molar-refractivity contribution in [3.8, 4) is 11.3 Å². The first kappa shape index (κ1) is 15.0. The van der Waals surface area contributed by atoms with Crippen LogP contribution in [0, 0.1) is 0 Å². The van der Waals surface area contributed by atoms with Gasteiger partial charge in [-0.2, -0.15) is 9.61 Å². The van der Waals surface area contributed by atoms with E-state index in [4.69, 9.17) is 4.98 Å². The molecule has 0 aliphatic carbocycles. The smallest absolute Gasteiger partial charge is 0.225 e. The Hall–Kier alpha value is -3.25. The number of anilines is 1. The highest BCUT2D eigenvalue weighted by molar-refractivity contribution is 5.76. The molecule has 0 bridgehead atoms. The van der Waals surface area contributed by atoms with E-state index in [9.17, 15) is 0 Å². The average molecular weight is 342 g/mol. The second-order valence-corrected chi connectivity index (χ2v) is 6.38. The molecule has 5 rings (SSSR count). The van der Waals surface area contributed by atoms with Crippen LogP contribution in [0.25, 0.3) is 16.8 Å². The molecule has 1 aromatic carbocycles. The minimum Gasteiger partial charge on any atom is -0.350 e. The van der Waals surface area contributed by atoms with E-state index in [-0.39, 0.29) is 0 Å². The number of rotatable bonds is 4. The Labute approximate surface area is 150 Å². The monoisotopic (exact) mass is 342 g/mol. The maximum absolute atomic E-state index is 4.93. The zero-order chi connectivity index (χ0) is 17.3. The Morgan fingerprint density at radius 3 is 2.81 bits per heavy atom. The van der Waals surface area contributed by atoms with E-state index in [0.717, 1.165) is 41.4 Å². The highest BCUT2D eigenvalue weighted by Crippen LogP contribution is 2.31. The molecular formula is C20H18N6. The Morgan fingerprint density at radius 1 is 1.04 bits per heavy atom. The van der Waals surface area contributed by atoms with Gasteiger partial charge in [0.25, 0.3) is 0 Å². The van der Waals surface area contributed by atoms with Crippen molar-refractivity contribution in [2.24, 2.45) is 0 Å². The molecule has 6 heteroatoms. The van der Waals surface area contributed by atoms with Gasteiger partial charge >= 0.3 is 0 Å². The molecule has 6 nitrogen and oxygen atoms in total. The van der Waals surface area contributed by atoms with Crippen molar-refractivity contribution in [3.63, 3.8) is 0 Å². The van der Waals surface area contributed by atoms with Crippen LogP contribution in [0.1, 0.15) is 16.7 Å². The van der Waals surface area contributed by atoms with E-state index in [1.165, 1.54) is 11.1 Å². The third-order valence-electron chi connectivity index (χ3n) is 4.67. The van der Waals surface area contributed by atoms with Gasteiger partial charge in [0.2, 0.25) is 5.95 Å². The van der Waals surface area contributed by atoms with E-state index in [2.05, 4.69) is 32.8 Å². The summed E-state index contributed by atoms with van der Waals surface area (Å²) in [5, 5.41) is 11.5. The van der Waals surface area contributed by atoms with E-state index < -0.39 is 0 Å². The maximum Gasteiger partial charge on any atom is 0.225 e. The van der Waals surface area contributed by atoms with Crippen LogP contribution in [-0.2, 0) is 19.6 Å². The highest BCUT2D eigenvalue weighted by Gasteiger charge is 2.22.